The fourth-order valence-electron chi connectivity index (χ4n) is 2.18. The molecular weight excluding hydrogens is 268 g/mol. The second kappa shape index (κ2) is 7.11. The number of benzene rings is 2. The lowest BCUT2D eigenvalue weighted by molar-refractivity contribution is 0.190. The Hall–Kier alpha value is -2.04. The average molecular weight is 288 g/mol. The summed E-state index contributed by atoms with van der Waals surface area (Å²) in [6, 6.07) is 12.9. The fraction of sp³-hybridized carbons (Fsp3) is 0.294. The lowest BCUT2D eigenvalue weighted by atomic mass is 10.1. The normalized spacial score (nSPS) is 12.0. The Morgan fingerprint density at radius 1 is 1.05 bits per heavy atom. The summed E-state index contributed by atoms with van der Waals surface area (Å²) in [5.41, 5.74) is 1.67. The molecule has 0 aromatic heterocycles. The molecular formula is C17H20O4. The predicted molar refractivity (Wildman–Crippen MR) is 80.9 cm³/mol. The van der Waals surface area contributed by atoms with Gasteiger partial charge in [-0.3, -0.25) is 0 Å². The van der Waals surface area contributed by atoms with Gasteiger partial charge in [-0.1, -0.05) is 18.2 Å². The van der Waals surface area contributed by atoms with Gasteiger partial charge in [0.05, 0.1) is 18.8 Å². The molecule has 0 heterocycles. The van der Waals surface area contributed by atoms with Crippen molar-refractivity contribution in [3.05, 3.63) is 53.6 Å². The van der Waals surface area contributed by atoms with E-state index in [9.17, 15) is 5.11 Å². The van der Waals surface area contributed by atoms with Gasteiger partial charge in [0.15, 0.2) is 0 Å². The van der Waals surface area contributed by atoms with Gasteiger partial charge in [-0.15, -0.1) is 0 Å². The molecule has 1 atom stereocenters. The quantitative estimate of drug-likeness (QED) is 0.857. The van der Waals surface area contributed by atoms with Crippen molar-refractivity contribution in [1.82, 2.24) is 0 Å². The number of aliphatic hydroxyl groups excluding tert-OH is 2. The molecule has 2 rings (SSSR count). The summed E-state index contributed by atoms with van der Waals surface area (Å²) in [5.74, 6) is 1.84. The number of methoxy groups -OCH3 is 1. The fourth-order valence-corrected chi connectivity index (χ4v) is 2.18. The Balaban J connectivity index is 2.26. The van der Waals surface area contributed by atoms with E-state index in [1.807, 2.05) is 30.3 Å². The van der Waals surface area contributed by atoms with Crippen molar-refractivity contribution in [1.29, 1.82) is 0 Å². The molecule has 0 saturated carbocycles. The summed E-state index contributed by atoms with van der Waals surface area (Å²) in [6.07, 6.45) is -0.0666. The van der Waals surface area contributed by atoms with Gasteiger partial charge in [-0.25, -0.2) is 0 Å². The topological polar surface area (TPSA) is 58.9 Å². The smallest absolute Gasteiger partial charge is 0.136 e. The van der Waals surface area contributed by atoms with Crippen LogP contribution >= 0.6 is 0 Å². The first-order valence-electron chi connectivity index (χ1n) is 6.88. The summed E-state index contributed by atoms with van der Waals surface area (Å²) >= 11 is 0. The third kappa shape index (κ3) is 3.74. The summed E-state index contributed by atoms with van der Waals surface area (Å²) < 4.78 is 11.1. The standard InChI is InChI=1S/C17H20O4/c1-12(19)17-15(20-2)4-3-5-16(17)21-14-8-6-13(7-9-14)10-11-18/h3-9,12,18-19H,10-11H2,1-2H3/t12-/m0/s1. The largest absolute Gasteiger partial charge is 0.496 e. The molecule has 4 nitrogen and oxygen atoms in total. The van der Waals surface area contributed by atoms with Crippen molar-refractivity contribution in [2.45, 2.75) is 19.4 Å². The minimum absolute atomic E-state index is 0.127. The predicted octanol–water partition coefficient (Wildman–Crippen LogP) is 3.08. The molecule has 0 spiro atoms. The van der Waals surface area contributed by atoms with E-state index in [4.69, 9.17) is 14.6 Å². The minimum Gasteiger partial charge on any atom is -0.496 e. The maximum atomic E-state index is 9.92. The maximum Gasteiger partial charge on any atom is 0.136 e. The molecule has 0 unspecified atom stereocenters. The van der Waals surface area contributed by atoms with E-state index < -0.39 is 6.10 Å². The van der Waals surface area contributed by atoms with E-state index in [0.29, 0.717) is 29.2 Å². The molecule has 0 aliphatic rings. The number of hydrogen-bond acceptors (Lipinski definition) is 4. The molecule has 112 valence electrons. The SMILES string of the molecule is COc1cccc(Oc2ccc(CCO)cc2)c1[C@H](C)O. The van der Waals surface area contributed by atoms with Gasteiger partial charge in [0, 0.05) is 6.61 Å². The Kier molecular flexibility index (Phi) is 5.20. The molecule has 0 saturated heterocycles. The van der Waals surface area contributed by atoms with Crippen LogP contribution in [-0.2, 0) is 6.42 Å². The van der Waals surface area contributed by atoms with Crippen LogP contribution in [0.3, 0.4) is 0 Å². The monoisotopic (exact) mass is 288 g/mol. The zero-order valence-corrected chi connectivity index (χ0v) is 12.2. The first-order valence-corrected chi connectivity index (χ1v) is 6.88. The summed E-state index contributed by atoms with van der Waals surface area (Å²) in [7, 11) is 1.56. The average Bonchev–Trinajstić information content (AvgIpc) is 2.49. The molecule has 2 aromatic rings. The first-order chi connectivity index (χ1) is 10.2. The molecule has 4 heteroatoms. The zero-order valence-electron chi connectivity index (χ0n) is 12.2. The molecule has 0 aliphatic carbocycles. The zero-order chi connectivity index (χ0) is 15.2. The summed E-state index contributed by atoms with van der Waals surface area (Å²) in [4.78, 5) is 0. The van der Waals surface area contributed by atoms with Gasteiger partial charge in [0.1, 0.15) is 17.2 Å². The van der Waals surface area contributed by atoms with Crippen LogP contribution in [0.5, 0.6) is 17.2 Å². The Morgan fingerprint density at radius 2 is 1.71 bits per heavy atom. The van der Waals surface area contributed by atoms with E-state index in [2.05, 4.69) is 0 Å². The van der Waals surface area contributed by atoms with Crippen LogP contribution in [0.4, 0.5) is 0 Å². The molecule has 0 aliphatic heterocycles. The summed E-state index contributed by atoms with van der Waals surface area (Å²) in [5, 5.41) is 18.8. The minimum atomic E-state index is -0.690. The van der Waals surface area contributed by atoms with Gasteiger partial charge >= 0.3 is 0 Å². The van der Waals surface area contributed by atoms with Crippen molar-refractivity contribution >= 4 is 0 Å². The van der Waals surface area contributed by atoms with Crippen LogP contribution in [0.2, 0.25) is 0 Å². The van der Waals surface area contributed by atoms with E-state index in [-0.39, 0.29) is 6.61 Å². The highest BCUT2D eigenvalue weighted by molar-refractivity contribution is 5.48. The number of hydrogen-bond donors (Lipinski definition) is 2. The van der Waals surface area contributed by atoms with Gasteiger partial charge in [0.25, 0.3) is 0 Å². The maximum absolute atomic E-state index is 9.92. The lowest BCUT2D eigenvalue weighted by Gasteiger charge is -2.16. The second-order valence-electron chi connectivity index (χ2n) is 4.77. The molecule has 2 N–H and O–H groups in total. The molecule has 0 amide bonds. The molecule has 21 heavy (non-hydrogen) atoms. The van der Waals surface area contributed by atoms with Crippen molar-refractivity contribution in [2.24, 2.45) is 0 Å². The highest BCUT2D eigenvalue weighted by Crippen LogP contribution is 2.36. The van der Waals surface area contributed by atoms with Gasteiger partial charge in [0.2, 0.25) is 0 Å². The highest BCUT2D eigenvalue weighted by Gasteiger charge is 2.15. The Labute approximate surface area is 124 Å². The van der Waals surface area contributed by atoms with Gasteiger partial charge < -0.3 is 19.7 Å². The van der Waals surface area contributed by atoms with Crippen molar-refractivity contribution in [3.63, 3.8) is 0 Å². The Bertz CT molecular complexity index is 576. The third-order valence-corrected chi connectivity index (χ3v) is 3.22. The van der Waals surface area contributed by atoms with Crippen LogP contribution < -0.4 is 9.47 Å². The van der Waals surface area contributed by atoms with Crippen molar-refractivity contribution < 1.29 is 19.7 Å². The van der Waals surface area contributed by atoms with Crippen molar-refractivity contribution in [2.75, 3.05) is 13.7 Å². The van der Waals surface area contributed by atoms with Crippen LogP contribution in [0, 0.1) is 0 Å². The first kappa shape index (κ1) is 15.4. The van der Waals surface area contributed by atoms with E-state index in [1.54, 1.807) is 26.2 Å². The van der Waals surface area contributed by atoms with E-state index in [1.165, 1.54) is 0 Å². The van der Waals surface area contributed by atoms with Gasteiger partial charge in [-0.2, -0.15) is 0 Å². The number of rotatable bonds is 6. The Morgan fingerprint density at radius 3 is 2.29 bits per heavy atom. The molecule has 0 bridgehead atoms. The number of aliphatic hydroxyl groups is 2. The molecule has 0 fully saturated rings. The van der Waals surface area contributed by atoms with E-state index >= 15 is 0 Å². The van der Waals surface area contributed by atoms with Crippen LogP contribution in [0.1, 0.15) is 24.2 Å². The lowest BCUT2D eigenvalue weighted by Crippen LogP contribution is -2.00. The van der Waals surface area contributed by atoms with Crippen molar-refractivity contribution in [3.8, 4) is 17.2 Å². The highest BCUT2D eigenvalue weighted by atomic mass is 16.5. The molecule has 0 radical (unpaired) electrons. The van der Waals surface area contributed by atoms with E-state index in [0.717, 1.165) is 5.56 Å². The number of ether oxygens (including phenoxy) is 2. The van der Waals surface area contributed by atoms with Crippen LogP contribution in [0.15, 0.2) is 42.5 Å². The van der Waals surface area contributed by atoms with Crippen LogP contribution in [-0.4, -0.2) is 23.9 Å². The second-order valence-corrected chi connectivity index (χ2v) is 4.77. The third-order valence-electron chi connectivity index (χ3n) is 3.22. The summed E-state index contributed by atoms with van der Waals surface area (Å²) in [6.45, 7) is 1.80. The van der Waals surface area contributed by atoms with Crippen LogP contribution in [0.25, 0.3) is 0 Å². The van der Waals surface area contributed by atoms with Gasteiger partial charge in [-0.05, 0) is 43.2 Å². The molecule has 2 aromatic carbocycles.